The molecule has 0 aromatic heterocycles. The van der Waals surface area contributed by atoms with Gasteiger partial charge in [0, 0.05) is 19.0 Å². The Balaban J connectivity index is 2.65. The highest BCUT2D eigenvalue weighted by Crippen LogP contribution is 2.25. The summed E-state index contributed by atoms with van der Waals surface area (Å²) in [7, 11) is 0. The third kappa shape index (κ3) is 2.97. The van der Waals surface area contributed by atoms with E-state index in [4.69, 9.17) is 0 Å². The van der Waals surface area contributed by atoms with E-state index in [2.05, 4.69) is 5.32 Å². The molecular weight excluding hydrogens is 204 g/mol. The van der Waals surface area contributed by atoms with Crippen LogP contribution in [-0.4, -0.2) is 29.4 Å². The molecule has 16 heavy (non-hydrogen) atoms. The second kappa shape index (κ2) is 4.85. The first-order valence-corrected chi connectivity index (χ1v) is 5.97. The maximum absolute atomic E-state index is 11.8. The summed E-state index contributed by atoms with van der Waals surface area (Å²) < 4.78 is 0. The minimum Gasteiger partial charge on any atom is -0.334 e. The number of nitrogens with zero attached hydrogens (tertiary/aromatic N) is 1. The number of carbonyl (C=O) groups is 2. The third-order valence-electron chi connectivity index (χ3n) is 3.00. The van der Waals surface area contributed by atoms with Gasteiger partial charge in [0.25, 0.3) is 0 Å². The lowest BCUT2D eigenvalue weighted by Crippen LogP contribution is -2.58. The predicted octanol–water partition coefficient (Wildman–Crippen LogP) is 2.14. The summed E-state index contributed by atoms with van der Waals surface area (Å²) in [5.41, 5.74) is -0.0673. The summed E-state index contributed by atoms with van der Waals surface area (Å²) in [6.45, 7) is 8.69. The smallest absolute Gasteiger partial charge is 0.324 e. The van der Waals surface area contributed by atoms with Gasteiger partial charge < -0.3 is 5.32 Å². The molecule has 0 aliphatic carbocycles. The van der Waals surface area contributed by atoms with Crippen LogP contribution in [0.4, 0.5) is 4.79 Å². The summed E-state index contributed by atoms with van der Waals surface area (Å²) in [5.74, 6) is -0.0443. The Morgan fingerprint density at radius 2 is 2.00 bits per heavy atom. The fourth-order valence-corrected chi connectivity index (χ4v) is 1.74. The number of rotatable bonds is 3. The zero-order valence-electron chi connectivity index (χ0n) is 10.7. The zero-order valence-corrected chi connectivity index (χ0v) is 10.7. The van der Waals surface area contributed by atoms with Gasteiger partial charge in [-0.3, -0.25) is 9.69 Å². The molecule has 1 unspecified atom stereocenters. The second-order valence-electron chi connectivity index (χ2n) is 5.47. The molecule has 4 heteroatoms. The van der Waals surface area contributed by atoms with Gasteiger partial charge in [-0.2, -0.15) is 0 Å². The SMILES string of the molecule is CCCCN1C(=O)CC(C(C)(C)C)NC1=O. The van der Waals surface area contributed by atoms with Gasteiger partial charge in [-0.15, -0.1) is 0 Å². The molecule has 0 spiro atoms. The van der Waals surface area contributed by atoms with Crippen molar-refractivity contribution in [2.45, 2.75) is 53.0 Å². The van der Waals surface area contributed by atoms with Gasteiger partial charge in [-0.05, 0) is 11.8 Å². The Bertz CT molecular complexity index is 263. The Hall–Kier alpha value is -1.06. The Morgan fingerprint density at radius 3 is 2.44 bits per heavy atom. The molecule has 4 nitrogen and oxygen atoms in total. The van der Waals surface area contributed by atoms with E-state index in [1.165, 1.54) is 4.90 Å². The van der Waals surface area contributed by atoms with Crippen LogP contribution in [0.15, 0.2) is 0 Å². The highest BCUT2D eigenvalue weighted by molar-refractivity contribution is 5.97. The Labute approximate surface area is 97.4 Å². The highest BCUT2D eigenvalue weighted by Gasteiger charge is 2.37. The van der Waals surface area contributed by atoms with Crippen LogP contribution < -0.4 is 5.32 Å². The third-order valence-corrected chi connectivity index (χ3v) is 3.00. The molecule has 1 N–H and O–H groups in total. The maximum atomic E-state index is 11.8. The van der Waals surface area contributed by atoms with Gasteiger partial charge in [-0.25, -0.2) is 4.79 Å². The van der Waals surface area contributed by atoms with Gasteiger partial charge >= 0.3 is 6.03 Å². The Kier molecular flexibility index (Phi) is 3.94. The molecule has 0 radical (unpaired) electrons. The summed E-state index contributed by atoms with van der Waals surface area (Å²) in [4.78, 5) is 24.9. The van der Waals surface area contributed by atoms with Crippen molar-refractivity contribution < 1.29 is 9.59 Å². The van der Waals surface area contributed by atoms with E-state index in [1.54, 1.807) is 0 Å². The molecule has 0 aromatic carbocycles. The summed E-state index contributed by atoms with van der Waals surface area (Å²) >= 11 is 0. The first kappa shape index (κ1) is 13.0. The van der Waals surface area contributed by atoms with Crippen LogP contribution in [0.3, 0.4) is 0 Å². The van der Waals surface area contributed by atoms with E-state index in [0.29, 0.717) is 13.0 Å². The molecule has 1 aliphatic rings. The number of carbonyl (C=O) groups excluding carboxylic acids is 2. The second-order valence-corrected chi connectivity index (χ2v) is 5.47. The lowest BCUT2D eigenvalue weighted by molar-refractivity contribution is -0.131. The average molecular weight is 226 g/mol. The summed E-state index contributed by atoms with van der Waals surface area (Å²) in [5, 5.41) is 2.91. The lowest BCUT2D eigenvalue weighted by Gasteiger charge is -2.38. The topological polar surface area (TPSA) is 49.4 Å². The van der Waals surface area contributed by atoms with E-state index in [0.717, 1.165) is 12.8 Å². The number of hydrogen-bond acceptors (Lipinski definition) is 2. The van der Waals surface area contributed by atoms with Crippen molar-refractivity contribution in [1.29, 1.82) is 0 Å². The van der Waals surface area contributed by atoms with Crippen LogP contribution in [0.1, 0.15) is 47.0 Å². The molecular formula is C12H22N2O2. The number of urea groups is 1. The van der Waals surface area contributed by atoms with Crippen LogP contribution in [-0.2, 0) is 4.79 Å². The number of nitrogens with one attached hydrogen (secondary N) is 1. The standard InChI is InChI=1S/C12H22N2O2/c1-5-6-7-14-10(15)8-9(12(2,3)4)13-11(14)16/h9H,5-8H2,1-4H3,(H,13,16). The summed E-state index contributed by atoms with van der Waals surface area (Å²) in [6, 6.07) is -0.282. The van der Waals surface area contributed by atoms with E-state index < -0.39 is 0 Å². The van der Waals surface area contributed by atoms with Crippen LogP contribution in [0.5, 0.6) is 0 Å². The van der Waals surface area contributed by atoms with E-state index in [1.807, 2.05) is 27.7 Å². The lowest BCUT2D eigenvalue weighted by atomic mass is 9.83. The quantitative estimate of drug-likeness (QED) is 0.801. The number of hydrogen-bond donors (Lipinski definition) is 1. The van der Waals surface area contributed by atoms with Crippen LogP contribution >= 0.6 is 0 Å². The van der Waals surface area contributed by atoms with Crippen molar-refractivity contribution in [2.24, 2.45) is 5.41 Å². The minimum absolute atomic E-state index is 0.0443. The predicted molar refractivity (Wildman–Crippen MR) is 63.0 cm³/mol. The van der Waals surface area contributed by atoms with Crippen molar-refractivity contribution in [2.75, 3.05) is 6.54 Å². The van der Waals surface area contributed by atoms with E-state index in [9.17, 15) is 9.59 Å². The molecule has 92 valence electrons. The van der Waals surface area contributed by atoms with Gasteiger partial charge in [0.05, 0.1) is 0 Å². The molecule has 1 fully saturated rings. The van der Waals surface area contributed by atoms with Crippen molar-refractivity contribution in [1.82, 2.24) is 10.2 Å². The monoisotopic (exact) mass is 226 g/mol. The van der Waals surface area contributed by atoms with E-state index in [-0.39, 0.29) is 23.4 Å². The van der Waals surface area contributed by atoms with Gasteiger partial charge in [0.2, 0.25) is 5.91 Å². The van der Waals surface area contributed by atoms with E-state index >= 15 is 0 Å². The van der Waals surface area contributed by atoms with Crippen LogP contribution in [0.2, 0.25) is 0 Å². The fourth-order valence-electron chi connectivity index (χ4n) is 1.74. The number of amides is 3. The minimum atomic E-state index is -0.232. The first-order chi connectivity index (χ1) is 7.36. The largest absolute Gasteiger partial charge is 0.334 e. The maximum Gasteiger partial charge on any atom is 0.324 e. The number of imide groups is 1. The molecule has 1 atom stereocenters. The molecule has 1 heterocycles. The van der Waals surface area contributed by atoms with Crippen molar-refractivity contribution in [3.63, 3.8) is 0 Å². The van der Waals surface area contributed by atoms with Crippen LogP contribution in [0.25, 0.3) is 0 Å². The molecule has 0 saturated carbocycles. The summed E-state index contributed by atoms with van der Waals surface area (Å²) in [6.07, 6.45) is 2.28. The highest BCUT2D eigenvalue weighted by atomic mass is 16.2. The van der Waals surface area contributed by atoms with Gasteiger partial charge in [0.15, 0.2) is 0 Å². The van der Waals surface area contributed by atoms with Crippen molar-refractivity contribution >= 4 is 11.9 Å². The molecule has 3 amide bonds. The van der Waals surface area contributed by atoms with Crippen LogP contribution in [0, 0.1) is 5.41 Å². The fraction of sp³-hybridized carbons (Fsp3) is 0.833. The van der Waals surface area contributed by atoms with Gasteiger partial charge in [0.1, 0.15) is 0 Å². The molecule has 1 rings (SSSR count). The van der Waals surface area contributed by atoms with Crippen molar-refractivity contribution in [3.8, 4) is 0 Å². The molecule has 0 bridgehead atoms. The zero-order chi connectivity index (χ0) is 12.3. The molecule has 1 saturated heterocycles. The average Bonchev–Trinajstić information content (AvgIpc) is 2.15. The Morgan fingerprint density at radius 1 is 1.38 bits per heavy atom. The number of unbranched alkanes of at least 4 members (excludes halogenated alkanes) is 1. The first-order valence-electron chi connectivity index (χ1n) is 5.97. The van der Waals surface area contributed by atoms with Gasteiger partial charge in [-0.1, -0.05) is 34.1 Å². The normalized spacial score (nSPS) is 22.2. The molecule has 0 aromatic rings. The van der Waals surface area contributed by atoms with Crippen molar-refractivity contribution in [3.05, 3.63) is 0 Å². The molecule has 1 aliphatic heterocycles.